The maximum Gasteiger partial charge on any atom is 0.243 e. The van der Waals surface area contributed by atoms with Gasteiger partial charge in [0.05, 0.1) is 5.92 Å². The van der Waals surface area contributed by atoms with Gasteiger partial charge in [-0.15, -0.1) is 0 Å². The predicted octanol–water partition coefficient (Wildman–Crippen LogP) is 0.517. The largest absolute Gasteiger partial charge is 0.283 e. The first-order valence-electron chi connectivity index (χ1n) is 4.05. The van der Waals surface area contributed by atoms with Gasteiger partial charge in [0.1, 0.15) is 0 Å². The van der Waals surface area contributed by atoms with Crippen LogP contribution in [0.25, 0.3) is 0 Å². The number of carbonyl (C=O) groups is 1. The highest BCUT2D eigenvalue weighted by Gasteiger charge is 2.16. The van der Waals surface area contributed by atoms with Gasteiger partial charge in [-0.2, -0.15) is 0 Å². The van der Waals surface area contributed by atoms with Crippen LogP contribution in [0.2, 0.25) is 0 Å². The third-order valence-corrected chi connectivity index (χ3v) is 1.92. The molecule has 0 bridgehead atoms. The van der Waals surface area contributed by atoms with Crippen molar-refractivity contribution in [3.05, 3.63) is 30.1 Å². The van der Waals surface area contributed by atoms with E-state index in [0.29, 0.717) is 0 Å². The zero-order valence-electron chi connectivity index (χ0n) is 7.77. The van der Waals surface area contributed by atoms with E-state index in [9.17, 15) is 4.79 Å². The number of carbonyl (C=O) groups excluding carboxylic acids is 1. The van der Waals surface area contributed by atoms with E-state index in [1.807, 2.05) is 19.1 Å². The lowest BCUT2D eigenvalue weighted by atomic mass is 10.0. The van der Waals surface area contributed by atoms with Crippen LogP contribution in [0.15, 0.2) is 24.5 Å². The molecule has 0 fully saturated rings. The summed E-state index contributed by atoms with van der Waals surface area (Å²) < 4.78 is 0. The van der Waals surface area contributed by atoms with Crippen molar-refractivity contribution in [2.75, 3.05) is 7.05 Å². The highest BCUT2D eigenvalue weighted by molar-refractivity contribution is 5.82. The highest BCUT2D eigenvalue weighted by Crippen LogP contribution is 2.14. The summed E-state index contributed by atoms with van der Waals surface area (Å²) in [5, 5.41) is 1.10. The molecular formula is C9H13N3O. The Balaban J connectivity index is 2.80. The minimum Gasteiger partial charge on any atom is -0.283 e. The monoisotopic (exact) mass is 179 g/mol. The van der Waals surface area contributed by atoms with Crippen molar-refractivity contribution >= 4 is 5.91 Å². The fraction of sp³-hybridized carbons (Fsp3) is 0.333. The summed E-state index contributed by atoms with van der Waals surface area (Å²) in [5.74, 6) is 5.03. The van der Waals surface area contributed by atoms with Gasteiger partial charge in [-0.3, -0.25) is 14.8 Å². The van der Waals surface area contributed by atoms with Gasteiger partial charge in [-0.25, -0.2) is 5.84 Å². The molecule has 70 valence electrons. The van der Waals surface area contributed by atoms with Gasteiger partial charge in [0.15, 0.2) is 0 Å². The zero-order chi connectivity index (χ0) is 9.84. The molecule has 0 aromatic carbocycles. The van der Waals surface area contributed by atoms with E-state index in [0.717, 1.165) is 10.6 Å². The lowest BCUT2D eigenvalue weighted by Crippen LogP contribution is -2.36. The van der Waals surface area contributed by atoms with Gasteiger partial charge in [0, 0.05) is 19.4 Å². The topological polar surface area (TPSA) is 59.2 Å². The molecule has 1 aromatic rings. The second kappa shape index (κ2) is 4.00. The minimum absolute atomic E-state index is 0.105. The van der Waals surface area contributed by atoms with Gasteiger partial charge >= 0.3 is 0 Å². The Morgan fingerprint density at radius 2 is 2.08 bits per heavy atom. The van der Waals surface area contributed by atoms with Crippen LogP contribution in [0.3, 0.4) is 0 Å². The SMILES string of the molecule is CC(C(=O)N(C)N)c1ccncc1. The van der Waals surface area contributed by atoms with E-state index in [1.165, 1.54) is 0 Å². The van der Waals surface area contributed by atoms with Gasteiger partial charge in [0.25, 0.3) is 0 Å². The molecule has 13 heavy (non-hydrogen) atoms. The van der Waals surface area contributed by atoms with Crippen LogP contribution in [0.5, 0.6) is 0 Å². The summed E-state index contributed by atoms with van der Waals surface area (Å²) in [7, 11) is 1.54. The number of hydrogen-bond acceptors (Lipinski definition) is 3. The van der Waals surface area contributed by atoms with Crippen LogP contribution < -0.4 is 5.84 Å². The van der Waals surface area contributed by atoms with E-state index in [1.54, 1.807) is 19.4 Å². The van der Waals surface area contributed by atoms with Gasteiger partial charge in [-0.05, 0) is 24.6 Å². The third-order valence-electron chi connectivity index (χ3n) is 1.92. The second-order valence-electron chi connectivity index (χ2n) is 2.95. The second-order valence-corrected chi connectivity index (χ2v) is 2.95. The summed E-state index contributed by atoms with van der Waals surface area (Å²) in [4.78, 5) is 15.3. The average molecular weight is 179 g/mol. The average Bonchev–Trinajstić information content (AvgIpc) is 2.17. The van der Waals surface area contributed by atoms with E-state index < -0.39 is 0 Å². The number of amides is 1. The lowest BCUT2D eigenvalue weighted by molar-refractivity contribution is -0.131. The molecular weight excluding hydrogens is 166 g/mol. The molecule has 2 N–H and O–H groups in total. The molecule has 1 amide bonds. The molecule has 1 atom stereocenters. The quantitative estimate of drug-likeness (QED) is 0.409. The first-order chi connectivity index (χ1) is 6.13. The lowest BCUT2D eigenvalue weighted by Gasteiger charge is -2.16. The number of nitrogens with zero attached hydrogens (tertiary/aromatic N) is 2. The number of likely N-dealkylation sites (N-methyl/N-ethyl adjacent to an activating group) is 1. The van der Waals surface area contributed by atoms with Crippen LogP contribution in [0.1, 0.15) is 18.4 Å². The summed E-state index contributed by atoms with van der Waals surface area (Å²) in [6.45, 7) is 1.82. The Labute approximate surface area is 77.3 Å². The van der Waals surface area contributed by atoms with Crippen molar-refractivity contribution in [1.82, 2.24) is 9.99 Å². The molecule has 0 aliphatic rings. The fourth-order valence-corrected chi connectivity index (χ4v) is 1.10. The molecule has 4 heteroatoms. The maximum atomic E-state index is 11.4. The summed E-state index contributed by atoms with van der Waals surface area (Å²) in [6.07, 6.45) is 3.32. The maximum absolute atomic E-state index is 11.4. The normalized spacial score (nSPS) is 12.2. The molecule has 1 heterocycles. The zero-order valence-corrected chi connectivity index (χ0v) is 7.77. The summed E-state index contributed by atoms with van der Waals surface area (Å²) in [6, 6.07) is 3.62. The standard InChI is InChI=1S/C9H13N3O/c1-7(9(13)12(2)10)8-3-5-11-6-4-8/h3-7H,10H2,1-2H3. The molecule has 0 saturated heterocycles. The van der Waals surface area contributed by atoms with Crippen LogP contribution >= 0.6 is 0 Å². The van der Waals surface area contributed by atoms with Crippen LogP contribution in [0, 0.1) is 0 Å². The van der Waals surface area contributed by atoms with Gasteiger partial charge in [-0.1, -0.05) is 0 Å². The highest BCUT2D eigenvalue weighted by atomic mass is 16.2. The number of pyridine rings is 1. The first-order valence-corrected chi connectivity index (χ1v) is 4.05. The minimum atomic E-state index is -0.210. The number of rotatable bonds is 2. The molecule has 1 unspecified atom stereocenters. The van der Waals surface area contributed by atoms with E-state index in [2.05, 4.69) is 4.98 Å². The molecule has 1 aromatic heterocycles. The molecule has 1 rings (SSSR count). The van der Waals surface area contributed by atoms with Crippen molar-refractivity contribution in [3.63, 3.8) is 0 Å². The Morgan fingerprint density at radius 3 is 2.54 bits per heavy atom. The molecule has 0 saturated carbocycles. The first kappa shape index (κ1) is 9.67. The van der Waals surface area contributed by atoms with Crippen molar-refractivity contribution in [1.29, 1.82) is 0 Å². The molecule has 0 radical (unpaired) electrons. The molecule has 0 aliphatic heterocycles. The van der Waals surface area contributed by atoms with Crippen molar-refractivity contribution in [2.45, 2.75) is 12.8 Å². The third kappa shape index (κ3) is 2.26. The predicted molar refractivity (Wildman–Crippen MR) is 49.6 cm³/mol. The number of hydrazine groups is 1. The van der Waals surface area contributed by atoms with Gasteiger partial charge < -0.3 is 0 Å². The van der Waals surface area contributed by atoms with E-state index >= 15 is 0 Å². The molecule has 0 aliphatic carbocycles. The summed E-state index contributed by atoms with van der Waals surface area (Å²) in [5.41, 5.74) is 0.928. The Hall–Kier alpha value is -1.42. The molecule has 0 spiro atoms. The number of aromatic nitrogens is 1. The van der Waals surface area contributed by atoms with Crippen molar-refractivity contribution in [2.24, 2.45) is 5.84 Å². The number of nitrogens with two attached hydrogens (primary N) is 1. The Kier molecular flexibility index (Phi) is 2.97. The van der Waals surface area contributed by atoms with E-state index in [-0.39, 0.29) is 11.8 Å². The Bertz CT molecular complexity index is 284. The van der Waals surface area contributed by atoms with Crippen LogP contribution in [0.4, 0.5) is 0 Å². The fourth-order valence-electron chi connectivity index (χ4n) is 1.10. The van der Waals surface area contributed by atoms with Crippen molar-refractivity contribution in [3.8, 4) is 0 Å². The van der Waals surface area contributed by atoms with Crippen molar-refractivity contribution < 1.29 is 4.79 Å². The molecule has 4 nitrogen and oxygen atoms in total. The van der Waals surface area contributed by atoms with Crippen LogP contribution in [-0.2, 0) is 4.79 Å². The number of hydrogen-bond donors (Lipinski definition) is 1. The van der Waals surface area contributed by atoms with Crippen LogP contribution in [-0.4, -0.2) is 22.9 Å². The smallest absolute Gasteiger partial charge is 0.243 e. The van der Waals surface area contributed by atoms with Gasteiger partial charge in [0.2, 0.25) is 5.91 Å². The summed E-state index contributed by atoms with van der Waals surface area (Å²) >= 11 is 0. The Morgan fingerprint density at radius 1 is 1.54 bits per heavy atom. The van der Waals surface area contributed by atoms with E-state index in [4.69, 9.17) is 5.84 Å².